The highest BCUT2D eigenvalue weighted by Crippen LogP contribution is 2.21. The Kier molecular flexibility index (Phi) is 6.20. The molecule has 0 aliphatic rings. The zero-order valence-corrected chi connectivity index (χ0v) is 13.7. The monoisotopic (exact) mass is 362 g/mol. The molecule has 0 aliphatic carbocycles. The van der Waals surface area contributed by atoms with Gasteiger partial charge in [0.25, 0.3) is 5.91 Å². The number of carbonyl (C=O) groups is 2. The molecule has 2 aromatic carbocycles. The summed E-state index contributed by atoms with van der Waals surface area (Å²) in [6.45, 7) is -0.584. The minimum Gasteiger partial charge on any atom is -0.496 e. The van der Waals surface area contributed by atoms with Gasteiger partial charge >= 0.3 is 11.7 Å². The van der Waals surface area contributed by atoms with Gasteiger partial charge in [0.15, 0.2) is 6.61 Å². The van der Waals surface area contributed by atoms with Crippen LogP contribution in [0.5, 0.6) is 5.75 Å². The third-order valence-corrected chi connectivity index (χ3v) is 3.32. The zero-order valence-electron chi connectivity index (χ0n) is 13.7. The summed E-state index contributed by atoms with van der Waals surface area (Å²) in [5.41, 5.74) is -0.144. The van der Waals surface area contributed by atoms with E-state index in [-0.39, 0.29) is 12.1 Å². The highest BCUT2D eigenvalue weighted by atomic mass is 19.1. The molecule has 0 aromatic heterocycles. The number of amides is 1. The molecule has 26 heavy (non-hydrogen) atoms. The highest BCUT2D eigenvalue weighted by Gasteiger charge is 2.16. The van der Waals surface area contributed by atoms with Gasteiger partial charge in [-0.2, -0.15) is 4.39 Å². The molecule has 2 aromatic rings. The van der Waals surface area contributed by atoms with Crippen molar-refractivity contribution in [1.82, 2.24) is 0 Å². The number of ether oxygens (including phenoxy) is 2. The predicted molar refractivity (Wildman–Crippen MR) is 89.3 cm³/mol. The molecule has 0 bridgehead atoms. The quantitative estimate of drug-likeness (QED) is 0.460. The van der Waals surface area contributed by atoms with Gasteiger partial charge in [-0.1, -0.05) is 18.2 Å². The summed E-state index contributed by atoms with van der Waals surface area (Å²) in [5.74, 6) is -1.85. The molecule has 1 amide bonds. The second kappa shape index (κ2) is 8.56. The summed E-state index contributed by atoms with van der Waals surface area (Å²) >= 11 is 0. The normalized spacial score (nSPS) is 10.1. The SMILES string of the molecule is COc1ccccc1CC(=O)OCC(=O)Nc1ccc(F)c([N+](=O)[O-])c1. The van der Waals surface area contributed by atoms with E-state index in [0.717, 1.165) is 18.2 Å². The lowest BCUT2D eigenvalue weighted by molar-refractivity contribution is -0.387. The van der Waals surface area contributed by atoms with Crippen LogP contribution in [0.15, 0.2) is 42.5 Å². The standard InChI is InChI=1S/C17H15FN2O6/c1-25-15-5-3-2-4-11(15)8-17(22)26-10-16(21)19-12-6-7-13(18)14(9-12)20(23)24/h2-7,9H,8,10H2,1H3,(H,19,21). The molecule has 0 radical (unpaired) electrons. The molecule has 9 heteroatoms. The van der Waals surface area contributed by atoms with Crippen LogP contribution in [-0.4, -0.2) is 30.5 Å². The lowest BCUT2D eigenvalue weighted by Gasteiger charge is -2.09. The van der Waals surface area contributed by atoms with Gasteiger partial charge in [0.05, 0.1) is 18.5 Å². The molecular formula is C17H15FN2O6. The molecule has 0 unspecified atom stereocenters. The van der Waals surface area contributed by atoms with Crippen molar-refractivity contribution in [2.24, 2.45) is 0 Å². The molecular weight excluding hydrogens is 347 g/mol. The molecule has 0 fully saturated rings. The van der Waals surface area contributed by atoms with Crippen molar-refractivity contribution in [3.63, 3.8) is 0 Å². The first-order chi connectivity index (χ1) is 12.4. The third kappa shape index (κ3) is 5.00. The topological polar surface area (TPSA) is 108 Å². The van der Waals surface area contributed by atoms with Gasteiger partial charge in [0, 0.05) is 17.3 Å². The Morgan fingerprint density at radius 1 is 1.23 bits per heavy atom. The number of nitrogens with zero attached hydrogens (tertiary/aromatic N) is 1. The number of esters is 1. The van der Waals surface area contributed by atoms with Crippen LogP contribution in [-0.2, 0) is 20.7 Å². The van der Waals surface area contributed by atoms with Gasteiger partial charge in [-0.3, -0.25) is 19.7 Å². The Morgan fingerprint density at radius 2 is 1.96 bits per heavy atom. The summed E-state index contributed by atoms with van der Waals surface area (Å²) < 4.78 is 23.2. The van der Waals surface area contributed by atoms with Crippen molar-refractivity contribution in [1.29, 1.82) is 0 Å². The van der Waals surface area contributed by atoms with Gasteiger partial charge in [0.1, 0.15) is 5.75 Å². The fraction of sp³-hybridized carbons (Fsp3) is 0.176. The number of hydrogen-bond donors (Lipinski definition) is 1. The maximum absolute atomic E-state index is 13.2. The summed E-state index contributed by atoms with van der Waals surface area (Å²) in [6.07, 6.45) is -0.0840. The number of anilines is 1. The maximum Gasteiger partial charge on any atom is 0.310 e. The van der Waals surface area contributed by atoms with E-state index in [1.54, 1.807) is 24.3 Å². The summed E-state index contributed by atoms with van der Waals surface area (Å²) in [5, 5.41) is 13.0. The molecule has 0 spiro atoms. The highest BCUT2D eigenvalue weighted by molar-refractivity contribution is 5.93. The van der Waals surface area contributed by atoms with E-state index in [2.05, 4.69) is 5.32 Å². The van der Waals surface area contributed by atoms with Crippen molar-refractivity contribution in [2.45, 2.75) is 6.42 Å². The van der Waals surface area contributed by atoms with E-state index in [4.69, 9.17) is 9.47 Å². The lowest BCUT2D eigenvalue weighted by Crippen LogP contribution is -2.21. The second-order valence-corrected chi connectivity index (χ2v) is 5.12. The number of benzene rings is 2. The Hall–Kier alpha value is -3.49. The number of para-hydroxylation sites is 1. The van der Waals surface area contributed by atoms with E-state index < -0.39 is 34.9 Å². The second-order valence-electron chi connectivity index (χ2n) is 5.12. The van der Waals surface area contributed by atoms with E-state index >= 15 is 0 Å². The summed E-state index contributed by atoms with van der Waals surface area (Å²) in [7, 11) is 1.47. The minimum absolute atomic E-state index is 0.0175. The Labute approximate surface area is 147 Å². The van der Waals surface area contributed by atoms with Gasteiger partial charge < -0.3 is 14.8 Å². The molecule has 1 N–H and O–H groups in total. The number of carbonyl (C=O) groups excluding carboxylic acids is 2. The summed E-state index contributed by atoms with van der Waals surface area (Å²) in [6, 6.07) is 9.78. The molecule has 0 saturated carbocycles. The Bertz CT molecular complexity index is 840. The van der Waals surface area contributed by atoms with Crippen LogP contribution in [0.4, 0.5) is 15.8 Å². The predicted octanol–water partition coefficient (Wildman–Crippen LogP) is 2.47. The number of nitro groups is 1. The van der Waals surface area contributed by atoms with Crippen molar-refractivity contribution < 1.29 is 28.4 Å². The van der Waals surface area contributed by atoms with Gasteiger partial charge in [-0.05, 0) is 18.2 Å². The number of methoxy groups -OCH3 is 1. The number of rotatable bonds is 7. The number of nitrogens with one attached hydrogen (secondary N) is 1. The largest absolute Gasteiger partial charge is 0.496 e. The van der Waals surface area contributed by atoms with Crippen LogP contribution < -0.4 is 10.1 Å². The van der Waals surface area contributed by atoms with Crippen molar-refractivity contribution >= 4 is 23.3 Å². The van der Waals surface area contributed by atoms with Crippen molar-refractivity contribution in [3.8, 4) is 5.75 Å². The fourth-order valence-corrected chi connectivity index (χ4v) is 2.13. The molecule has 0 atom stereocenters. The molecule has 136 valence electrons. The Morgan fingerprint density at radius 3 is 2.65 bits per heavy atom. The van der Waals surface area contributed by atoms with Crippen LogP contribution in [0.1, 0.15) is 5.56 Å². The molecule has 8 nitrogen and oxygen atoms in total. The smallest absolute Gasteiger partial charge is 0.310 e. The lowest BCUT2D eigenvalue weighted by atomic mass is 10.1. The molecule has 0 aliphatic heterocycles. The summed E-state index contributed by atoms with van der Waals surface area (Å²) in [4.78, 5) is 33.4. The molecule has 0 saturated heterocycles. The number of nitro benzene ring substituents is 1. The fourth-order valence-electron chi connectivity index (χ4n) is 2.13. The zero-order chi connectivity index (χ0) is 19.1. The van der Waals surface area contributed by atoms with Gasteiger partial charge in [0.2, 0.25) is 5.82 Å². The van der Waals surface area contributed by atoms with Crippen molar-refractivity contribution in [2.75, 3.05) is 19.0 Å². The van der Waals surface area contributed by atoms with E-state index in [0.29, 0.717) is 11.3 Å². The average Bonchev–Trinajstić information content (AvgIpc) is 2.62. The maximum atomic E-state index is 13.2. The van der Waals surface area contributed by atoms with Gasteiger partial charge in [-0.25, -0.2) is 0 Å². The van der Waals surface area contributed by atoms with Crippen LogP contribution in [0, 0.1) is 15.9 Å². The first-order valence-electron chi connectivity index (χ1n) is 7.42. The minimum atomic E-state index is -1.02. The first kappa shape index (κ1) is 18.8. The van der Waals surface area contributed by atoms with E-state index in [1.165, 1.54) is 7.11 Å². The van der Waals surface area contributed by atoms with Gasteiger partial charge in [-0.15, -0.1) is 0 Å². The van der Waals surface area contributed by atoms with Crippen LogP contribution in [0.2, 0.25) is 0 Å². The van der Waals surface area contributed by atoms with E-state index in [9.17, 15) is 24.1 Å². The number of hydrogen-bond acceptors (Lipinski definition) is 6. The van der Waals surface area contributed by atoms with Crippen molar-refractivity contribution in [3.05, 3.63) is 64.0 Å². The van der Waals surface area contributed by atoms with Crippen LogP contribution in [0.25, 0.3) is 0 Å². The van der Waals surface area contributed by atoms with E-state index in [1.807, 2.05) is 0 Å². The third-order valence-electron chi connectivity index (χ3n) is 3.32. The Balaban J connectivity index is 1.89. The number of halogens is 1. The molecule has 2 rings (SSSR count). The molecule has 0 heterocycles. The average molecular weight is 362 g/mol. The van der Waals surface area contributed by atoms with Crippen LogP contribution in [0.3, 0.4) is 0 Å². The van der Waals surface area contributed by atoms with Crippen LogP contribution >= 0.6 is 0 Å². The first-order valence-corrected chi connectivity index (χ1v) is 7.42.